The van der Waals surface area contributed by atoms with Crippen LogP contribution in [0.1, 0.15) is 11.3 Å². The number of methoxy groups -OCH3 is 2. The van der Waals surface area contributed by atoms with Gasteiger partial charge < -0.3 is 19.6 Å². The Morgan fingerprint density at radius 2 is 1.87 bits per heavy atom. The molecule has 0 amide bonds. The molecule has 120 valence electrons. The van der Waals surface area contributed by atoms with Gasteiger partial charge in [-0.15, -0.1) is 0 Å². The molecule has 23 heavy (non-hydrogen) atoms. The van der Waals surface area contributed by atoms with Crippen molar-refractivity contribution in [2.24, 2.45) is 5.73 Å². The third-order valence-corrected chi connectivity index (χ3v) is 3.92. The number of pyridine rings is 1. The molecule has 1 aromatic carbocycles. The molecule has 0 aliphatic heterocycles. The van der Waals surface area contributed by atoms with Crippen LogP contribution in [0.4, 0.5) is 0 Å². The van der Waals surface area contributed by atoms with Gasteiger partial charge in [0.15, 0.2) is 11.5 Å². The average Bonchev–Trinajstić information content (AvgIpc) is 2.92. The molecule has 0 fully saturated rings. The molecule has 0 unspecified atom stereocenters. The summed E-state index contributed by atoms with van der Waals surface area (Å²) >= 11 is 0. The van der Waals surface area contributed by atoms with E-state index in [1.807, 2.05) is 24.4 Å². The van der Waals surface area contributed by atoms with E-state index in [2.05, 4.69) is 23.5 Å². The summed E-state index contributed by atoms with van der Waals surface area (Å²) in [4.78, 5) is 4.80. The van der Waals surface area contributed by atoms with Crippen LogP contribution in [0.15, 0.2) is 36.5 Å². The topological polar surface area (TPSA) is 61.8 Å². The number of nitrogens with two attached hydrogens (primary N) is 1. The lowest BCUT2D eigenvalue weighted by Gasteiger charge is -2.09. The second-order valence-corrected chi connectivity index (χ2v) is 5.45. The predicted octanol–water partition coefficient (Wildman–Crippen LogP) is 2.83. The summed E-state index contributed by atoms with van der Waals surface area (Å²) in [6, 6.07) is 10.00. The number of hydrogen-bond acceptors (Lipinski definition) is 4. The highest BCUT2D eigenvalue weighted by Crippen LogP contribution is 2.33. The Hall–Kier alpha value is -2.53. The molecule has 0 saturated carbocycles. The van der Waals surface area contributed by atoms with Crippen molar-refractivity contribution in [3.05, 3.63) is 47.8 Å². The Labute approximate surface area is 135 Å². The van der Waals surface area contributed by atoms with Crippen LogP contribution in [-0.4, -0.2) is 30.1 Å². The van der Waals surface area contributed by atoms with Gasteiger partial charge in [0.05, 0.1) is 25.6 Å². The summed E-state index contributed by atoms with van der Waals surface area (Å²) in [6.07, 6.45) is 2.81. The fourth-order valence-electron chi connectivity index (χ4n) is 2.79. The molecule has 0 saturated heterocycles. The number of rotatable bonds is 5. The molecule has 5 heteroatoms. The van der Waals surface area contributed by atoms with E-state index in [-0.39, 0.29) is 0 Å². The van der Waals surface area contributed by atoms with Gasteiger partial charge in [-0.05, 0) is 49.4 Å². The zero-order valence-corrected chi connectivity index (χ0v) is 13.7. The monoisotopic (exact) mass is 311 g/mol. The van der Waals surface area contributed by atoms with E-state index >= 15 is 0 Å². The molecule has 5 nitrogen and oxygen atoms in total. The van der Waals surface area contributed by atoms with E-state index in [1.165, 1.54) is 5.56 Å². The molecule has 0 bridgehead atoms. The number of imidazole rings is 1. The van der Waals surface area contributed by atoms with E-state index in [1.54, 1.807) is 14.2 Å². The number of aromatic nitrogens is 2. The first-order valence-electron chi connectivity index (χ1n) is 7.58. The number of nitrogens with zero attached hydrogens (tertiary/aromatic N) is 2. The molecule has 0 radical (unpaired) electrons. The van der Waals surface area contributed by atoms with Crippen LogP contribution < -0.4 is 15.2 Å². The third kappa shape index (κ3) is 2.75. The third-order valence-electron chi connectivity index (χ3n) is 3.92. The summed E-state index contributed by atoms with van der Waals surface area (Å²) in [5, 5.41) is 0. The number of aryl methyl sites for hydroxylation is 1. The normalized spacial score (nSPS) is 11.0. The van der Waals surface area contributed by atoms with Gasteiger partial charge in [0.1, 0.15) is 5.65 Å². The Kier molecular flexibility index (Phi) is 4.21. The maximum Gasteiger partial charge on any atom is 0.161 e. The molecule has 3 rings (SSSR count). The molecular weight excluding hydrogens is 290 g/mol. The van der Waals surface area contributed by atoms with Crippen LogP contribution in [0.25, 0.3) is 16.9 Å². The van der Waals surface area contributed by atoms with Gasteiger partial charge in [-0.1, -0.05) is 0 Å². The maximum atomic E-state index is 5.80. The molecule has 0 aliphatic rings. The first-order valence-corrected chi connectivity index (χ1v) is 7.58. The SMILES string of the molecule is COc1ccc(-c2nc3cc(C)ccn3c2CCN)cc1OC. The Morgan fingerprint density at radius 3 is 2.57 bits per heavy atom. The molecule has 2 N–H and O–H groups in total. The highest BCUT2D eigenvalue weighted by atomic mass is 16.5. The van der Waals surface area contributed by atoms with Crippen molar-refractivity contribution in [1.29, 1.82) is 0 Å². The van der Waals surface area contributed by atoms with Gasteiger partial charge in [0.25, 0.3) is 0 Å². The van der Waals surface area contributed by atoms with Crippen molar-refractivity contribution in [3.63, 3.8) is 0 Å². The van der Waals surface area contributed by atoms with Crippen LogP contribution in [0.3, 0.4) is 0 Å². The highest BCUT2D eigenvalue weighted by Gasteiger charge is 2.15. The van der Waals surface area contributed by atoms with E-state index in [0.717, 1.165) is 29.0 Å². The lowest BCUT2D eigenvalue weighted by molar-refractivity contribution is 0.355. The first-order chi connectivity index (χ1) is 11.2. The minimum Gasteiger partial charge on any atom is -0.493 e. The van der Waals surface area contributed by atoms with Crippen molar-refractivity contribution in [2.75, 3.05) is 20.8 Å². The van der Waals surface area contributed by atoms with E-state index < -0.39 is 0 Å². The van der Waals surface area contributed by atoms with Gasteiger partial charge in [0, 0.05) is 18.2 Å². The minimum atomic E-state index is 0.571. The fraction of sp³-hybridized carbons (Fsp3) is 0.278. The Bertz CT molecular complexity index is 840. The number of ether oxygens (including phenoxy) is 2. The zero-order valence-electron chi connectivity index (χ0n) is 13.7. The van der Waals surface area contributed by atoms with Gasteiger partial charge >= 0.3 is 0 Å². The average molecular weight is 311 g/mol. The second kappa shape index (κ2) is 6.30. The Balaban J connectivity index is 2.20. The first kappa shape index (κ1) is 15.4. The van der Waals surface area contributed by atoms with Crippen molar-refractivity contribution in [1.82, 2.24) is 9.38 Å². The van der Waals surface area contributed by atoms with E-state index in [0.29, 0.717) is 18.0 Å². The quantitative estimate of drug-likeness (QED) is 0.787. The van der Waals surface area contributed by atoms with Gasteiger partial charge in [-0.3, -0.25) is 0 Å². The van der Waals surface area contributed by atoms with Crippen LogP contribution in [0, 0.1) is 6.92 Å². The second-order valence-electron chi connectivity index (χ2n) is 5.45. The smallest absolute Gasteiger partial charge is 0.161 e. The van der Waals surface area contributed by atoms with Crippen molar-refractivity contribution >= 4 is 5.65 Å². The summed E-state index contributed by atoms with van der Waals surface area (Å²) < 4.78 is 12.8. The zero-order chi connectivity index (χ0) is 16.4. The number of fused-ring (bicyclic) bond motifs is 1. The van der Waals surface area contributed by atoms with Gasteiger partial charge in [-0.25, -0.2) is 4.98 Å². The standard InChI is InChI=1S/C18H21N3O2/c1-12-7-9-21-14(6-8-19)18(20-17(21)10-12)13-4-5-15(22-2)16(11-13)23-3/h4-5,7,9-11H,6,8,19H2,1-3H3. The number of benzene rings is 1. The summed E-state index contributed by atoms with van der Waals surface area (Å²) in [7, 11) is 3.26. The van der Waals surface area contributed by atoms with Crippen molar-refractivity contribution in [2.45, 2.75) is 13.3 Å². The molecular formula is C18H21N3O2. The summed E-state index contributed by atoms with van der Waals surface area (Å²) in [5.41, 5.74) is 10.9. The predicted molar refractivity (Wildman–Crippen MR) is 91.2 cm³/mol. The molecule has 2 heterocycles. The largest absolute Gasteiger partial charge is 0.493 e. The molecule has 0 aliphatic carbocycles. The van der Waals surface area contributed by atoms with Crippen LogP contribution in [-0.2, 0) is 6.42 Å². The lowest BCUT2D eigenvalue weighted by Crippen LogP contribution is -2.06. The molecule has 3 aromatic rings. The molecule has 2 aromatic heterocycles. The summed E-state index contributed by atoms with van der Waals surface area (Å²) in [5.74, 6) is 1.40. The van der Waals surface area contributed by atoms with Gasteiger partial charge in [-0.2, -0.15) is 0 Å². The lowest BCUT2D eigenvalue weighted by atomic mass is 10.1. The molecule has 0 atom stereocenters. The fourth-order valence-corrected chi connectivity index (χ4v) is 2.79. The maximum absolute atomic E-state index is 5.80. The van der Waals surface area contributed by atoms with Crippen LogP contribution in [0.5, 0.6) is 11.5 Å². The van der Waals surface area contributed by atoms with E-state index in [9.17, 15) is 0 Å². The van der Waals surface area contributed by atoms with Crippen LogP contribution in [0.2, 0.25) is 0 Å². The van der Waals surface area contributed by atoms with E-state index in [4.69, 9.17) is 20.2 Å². The Morgan fingerprint density at radius 1 is 1.09 bits per heavy atom. The van der Waals surface area contributed by atoms with Gasteiger partial charge in [0.2, 0.25) is 0 Å². The number of hydrogen-bond donors (Lipinski definition) is 1. The van der Waals surface area contributed by atoms with Crippen LogP contribution >= 0.6 is 0 Å². The minimum absolute atomic E-state index is 0.571. The molecule has 0 spiro atoms. The van der Waals surface area contributed by atoms with Crippen molar-refractivity contribution < 1.29 is 9.47 Å². The highest BCUT2D eigenvalue weighted by molar-refractivity contribution is 5.69. The summed E-state index contributed by atoms with van der Waals surface area (Å²) in [6.45, 7) is 2.63. The van der Waals surface area contributed by atoms with Crippen molar-refractivity contribution in [3.8, 4) is 22.8 Å².